The van der Waals surface area contributed by atoms with Gasteiger partial charge in [0.25, 0.3) is 0 Å². The van der Waals surface area contributed by atoms with Crippen LogP contribution >= 0.6 is 0 Å². The third-order valence-electron chi connectivity index (χ3n) is 3.72. The molecule has 2 rings (SSSR count). The van der Waals surface area contributed by atoms with Gasteiger partial charge < -0.3 is 20.1 Å². The van der Waals surface area contributed by atoms with Crippen molar-refractivity contribution in [3.05, 3.63) is 71.8 Å². The molecule has 2 amide bonds. The maximum atomic E-state index is 11.8. The van der Waals surface area contributed by atoms with Crippen molar-refractivity contribution in [3.8, 4) is 0 Å². The number of esters is 1. The van der Waals surface area contributed by atoms with Crippen molar-refractivity contribution >= 4 is 18.0 Å². The first kappa shape index (κ1) is 25.7. The lowest BCUT2D eigenvalue weighted by molar-refractivity contribution is -0.145. The Balaban J connectivity index is 0.000000577. The fraction of sp³-hybridized carbons (Fsp3) is 0.375. The van der Waals surface area contributed by atoms with Crippen LogP contribution in [-0.2, 0) is 25.7 Å². The van der Waals surface area contributed by atoms with Crippen LogP contribution in [0.15, 0.2) is 60.7 Å². The first-order chi connectivity index (χ1) is 14.6. The highest BCUT2D eigenvalue weighted by Gasteiger charge is 2.21. The van der Waals surface area contributed by atoms with Gasteiger partial charge >= 0.3 is 12.1 Å². The monoisotopic (exact) mass is 428 g/mol. The molecule has 0 aliphatic carbocycles. The summed E-state index contributed by atoms with van der Waals surface area (Å²) >= 11 is 0. The predicted molar refractivity (Wildman–Crippen MR) is 119 cm³/mol. The molecule has 7 nitrogen and oxygen atoms in total. The van der Waals surface area contributed by atoms with E-state index in [9.17, 15) is 14.4 Å². The Hall–Kier alpha value is -3.35. The van der Waals surface area contributed by atoms with Crippen molar-refractivity contribution in [3.63, 3.8) is 0 Å². The molecule has 0 aliphatic heterocycles. The van der Waals surface area contributed by atoms with Crippen LogP contribution < -0.4 is 10.6 Å². The number of aryl methyl sites for hydroxylation is 1. The topological polar surface area (TPSA) is 93.7 Å². The van der Waals surface area contributed by atoms with Crippen molar-refractivity contribution in [2.45, 2.75) is 52.9 Å². The molecule has 0 fully saturated rings. The molecular weight excluding hydrogens is 396 g/mol. The number of rotatable bonds is 6. The Kier molecular flexibility index (Phi) is 10.8. The number of carbonyl (C=O) groups excluding carboxylic acids is 3. The molecule has 2 N–H and O–H groups in total. The highest BCUT2D eigenvalue weighted by molar-refractivity contribution is 5.87. The third kappa shape index (κ3) is 12.7. The molecule has 0 bridgehead atoms. The Morgan fingerprint density at radius 1 is 0.935 bits per heavy atom. The van der Waals surface area contributed by atoms with Crippen LogP contribution in [-0.4, -0.2) is 36.2 Å². The zero-order valence-corrected chi connectivity index (χ0v) is 18.8. The van der Waals surface area contributed by atoms with Gasteiger partial charge in [-0.05, 0) is 40.2 Å². The van der Waals surface area contributed by atoms with Gasteiger partial charge in [-0.15, -0.1) is 0 Å². The average Bonchev–Trinajstić information content (AvgIpc) is 2.70. The van der Waals surface area contributed by atoms with Crippen molar-refractivity contribution in [1.29, 1.82) is 0 Å². The summed E-state index contributed by atoms with van der Waals surface area (Å²) < 4.78 is 10.1. The van der Waals surface area contributed by atoms with Gasteiger partial charge in [0.05, 0.1) is 0 Å². The van der Waals surface area contributed by atoms with Gasteiger partial charge in [0.2, 0.25) is 5.91 Å². The fourth-order valence-electron chi connectivity index (χ4n) is 2.19. The normalized spacial score (nSPS) is 11.3. The number of hydrogen-bond donors (Lipinski definition) is 2. The Morgan fingerprint density at radius 3 is 1.97 bits per heavy atom. The van der Waals surface area contributed by atoms with E-state index in [-0.39, 0.29) is 13.2 Å². The van der Waals surface area contributed by atoms with Gasteiger partial charge in [-0.3, -0.25) is 9.59 Å². The lowest BCUT2D eigenvalue weighted by Gasteiger charge is -2.21. The Labute approximate surface area is 184 Å². The van der Waals surface area contributed by atoms with Crippen molar-refractivity contribution in [2.24, 2.45) is 0 Å². The van der Waals surface area contributed by atoms with Gasteiger partial charge in [-0.1, -0.05) is 66.2 Å². The van der Waals surface area contributed by atoms with Gasteiger partial charge in [0, 0.05) is 0 Å². The van der Waals surface area contributed by atoms with E-state index < -0.39 is 29.6 Å². The number of amides is 2. The van der Waals surface area contributed by atoms with Crippen LogP contribution in [0.5, 0.6) is 0 Å². The molecule has 1 unspecified atom stereocenters. The number of ether oxygens (including phenoxy) is 2. The summed E-state index contributed by atoms with van der Waals surface area (Å²) in [6, 6.07) is 18.6. The smallest absolute Gasteiger partial charge is 0.408 e. The minimum absolute atomic E-state index is 0.140. The van der Waals surface area contributed by atoms with Crippen LogP contribution in [0.25, 0.3) is 0 Å². The van der Waals surface area contributed by atoms with E-state index in [1.165, 1.54) is 12.5 Å². The second-order valence-electron chi connectivity index (χ2n) is 7.89. The first-order valence-corrected chi connectivity index (χ1v) is 10.1. The van der Waals surface area contributed by atoms with Crippen LogP contribution in [0.4, 0.5) is 4.79 Å². The largest absolute Gasteiger partial charge is 0.460 e. The lowest BCUT2D eigenvalue weighted by Crippen LogP contribution is -2.47. The van der Waals surface area contributed by atoms with E-state index in [2.05, 4.69) is 29.7 Å². The molecule has 0 saturated carbocycles. The summed E-state index contributed by atoms with van der Waals surface area (Å²) in [4.78, 5) is 35.0. The van der Waals surface area contributed by atoms with Crippen molar-refractivity contribution in [2.75, 3.05) is 6.54 Å². The van der Waals surface area contributed by atoms with Gasteiger partial charge in [-0.2, -0.15) is 0 Å². The molecule has 0 radical (unpaired) electrons. The number of hydrogen-bond acceptors (Lipinski definition) is 5. The van der Waals surface area contributed by atoms with Crippen molar-refractivity contribution < 1.29 is 23.9 Å². The minimum Gasteiger partial charge on any atom is -0.460 e. The molecule has 0 spiro atoms. The maximum absolute atomic E-state index is 11.8. The summed E-state index contributed by atoms with van der Waals surface area (Å²) in [6.45, 7) is 8.61. The molecule has 7 heteroatoms. The fourth-order valence-corrected chi connectivity index (χ4v) is 2.19. The quantitative estimate of drug-likeness (QED) is 0.684. The summed E-state index contributed by atoms with van der Waals surface area (Å²) in [6.07, 6.45) is -0.697. The van der Waals surface area contributed by atoms with E-state index in [4.69, 9.17) is 9.47 Å². The number of benzene rings is 2. The maximum Gasteiger partial charge on any atom is 0.408 e. The second kappa shape index (κ2) is 13.1. The average molecular weight is 429 g/mol. The zero-order chi connectivity index (χ0) is 23.3. The third-order valence-corrected chi connectivity index (χ3v) is 3.72. The van der Waals surface area contributed by atoms with E-state index >= 15 is 0 Å². The predicted octanol–water partition coefficient (Wildman–Crippen LogP) is 3.75. The van der Waals surface area contributed by atoms with Crippen LogP contribution in [0.2, 0.25) is 0 Å². The molecule has 0 aliphatic rings. The Morgan fingerprint density at radius 2 is 1.48 bits per heavy atom. The SMILES string of the molecule is CC(NC(=O)OC(C)(C)C)C(=O)NCC(=O)OCc1ccccc1.Cc1ccccc1. The van der Waals surface area contributed by atoms with Crippen molar-refractivity contribution in [1.82, 2.24) is 10.6 Å². The van der Waals surface area contributed by atoms with E-state index in [1.807, 2.05) is 48.5 Å². The van der Waals surface area contributed by atoms with Crippen LogP contribution in [0.3, 0.4) is 0 Å². The summed E-state index contributed by atoms with van der Waals surface area (Å²) in [5.41, 5.74) is 1.53. The number of alkyl carbamates (subject to hydrolysis) is 1. The first-order valence-electron chi connectivity index (χ1n) is 10.1. The molecule has 2 aromatic rings. The standard InChI is InChI=1S/C17H24N2O5.C7H8/c1-12(19-16(22)24-17(2,3)4)15(21)18-10-14(20)23-11-13-8-6-5-7-9-13;1-7-5-3-2-4-6-7/h5-9,12H,10-11H2,1-4H3,(H,18,21)(H,19,22);2-6H,1H3. The highest BCUT2D eigenvalue weighted by atomic mass is 16.6. The second-order valence-corrected chi connectivity index (χ2v) is 7.89. The lowest BCUT2D eigenvalue weighted by atomic mass is 10.2. The molecule has 31 heavy (non-hydrogen) atoms. The molecule has 0 heterocycles. The summed E-state index contributed by atoms with van der Waals surface area (Å²) in [7, 11) is 0. The Bertz CT molecular complexity index is 817. The molecular formula is C24H32N2O5. The molecule has 168 valence electrons. The van der Waals surface area contributed by atoms with Gasteiger partial charge in [0.1, 0.15) is 24.8 Å². The number of nitrogens with one attached hydrogen (secondary N) is 2. The minimum atomic E-state index is -0.832. The van der Waals surface area contributed by atoms with Crippen LogP contribution in [0, 0.1) is 6.92 Å². The van der Waals surface area contributed by atoms with Gasteiger partial charge in [-0.25, -0.2) is 4.79 Å². The summed E-state index contributed by atoms with van der Waals surface area (Å²) in [5.74, 6) is -1.06. The molecule has 0 aromatic heterocycles. The van der Waals surface area contributed by atoms with E-state index in [0.717, 1.165) is 5.56 Å². The number of carbonyl (C=O) groups is 3. The van der Waals surface area contributed by atoms with Gasteiger partial charge in [0.15, 0.2) is 0 Å². The van der Waals surface area contributed by atoms with E-state index in [1.54, 1.807) is 20.8 Å². The zero-order valence-electron chi connectivity index (χ0n) is 18.8. The molecule has 0 saturated heterocycles. The van der Waals surface area contributed by atoms with E-state index in [0.29, 0.717) is 0 Å². The van der Waals surface area contributed by atoms with Crippen LogP contribution in [0.1, 0.15) is 38.8 Å². The molecule has 1 atom stereocenters. The molecule has 2 aromatic carbocycles. The summed E-state index contributed by atoms with van der Waals surface area (Å²) in [5, 5.41) is 4.80. The highest BCUT2D eigenvalue weighted by Crippen LogP contribution is 2.06.